The molecule has 36 heavy (non-hydrogen) atoms. The molecule has 0 aliphatic heterocycles. The van der Waals surface area contributed by atoms with E-state index in [2.05, 4.69) is 11.4 Å². The van der Waals surface area contributed by atoms with Gasteiger partial charge >= 0.3 is 0 Å². The van der Waals surface area contributed by atoms with Gasteiger partial charge in [0, 0.05) is 27.4 Å². The summed E-state index contributed by atoms with van der Waals surface area (Å²) in [5, 5.41) is 14.2. The van der Waals surface area contributed by atoms with E-state index >= 15 is 0 Å². The van der Waals surface area contributed by atoms with Gasteiger partial charge in [-0.1, -0.05) is 89.1 Å². The Hall–Kier alpha value is -3.59. The number of nitriles is 1. The quantitative estimate of drug-likeness (QED) is 0.267. The molecule has 1 heterocycles. The summed E-state index contributed by atoms with van der Waals surface area (Å²) in [7, 11) is 0. The summed E-state index contributed by atoms with van der Waals surface area (Å²) in [6.45, 7) is 8.04. The lowest BCUT2D eigenvalue weighted by molar-refractivity contribution is -0.113. The summed E-state index contributed by atoms with van der Waals surface area (Å²) in [4.78, 5) is 17.7. The topological polar surface area (TPSA) is 65.8 Å². The number of nitrogens with one attached hydrogen (secondary N) is 1. The third-order valence-corrected chi connectivity index (χ3v) is 7.20. The zero-order chi connectivity index (χ0) is 25.8. The van der Waals surface area contributed by atoms with Crippen molar-refractivity contribution < 1.29 is 4.79 Å². The van der Waals surface area contributed by atoms with Gasteiger partial charge in [0.2, 0.25) is 5.91 Å². The van der Waals surface area contributed by atoms with Crippen LogP contribution in [0.2, 0.25) is 5.02 Å². The number of carbonyl (C=O) groups is 1. The molecule has 0 aliphatic rings. The highest BCUT2D eigenvalue weighted by Crippen LogP contribution is 2.37. The second-order valence-electron chi connectivity index (χ2n) is 8.80. The van der Waals surface area contributed by atoms with Crippen molar-refractivity contribution in [1.82, 2.24) is 4.98 Å². The van der Waals surface area contributed by atoms with Crippen molar-refractivity contribution in [2.45, 2.75) is 32.7 Å². The molecule has 3 aromatic carbocycles. The number of hydrogen-bond donors (Lipinski definition) is 1. The van der Waals surface area contributed by atoms with E-state index in [1.54, 1.807) is 6.07 Å². The molecular weight excluding hydrogens is 486 g/mol. The number of halogens is 1. The van der Waals surface area contributed by atoms with Crippen LogP contribution in [0.25, 0.3) is 22.4 Å². The van der Waals surface area contributed by atoms with Crippen LogP contribution in [0.3, 0.4) is 0 Å². The van der Waals surface area contributed by atoms with Crippen LogP contribution in [0.15, 0.2) is 71.8 Å². The van der Waals surface area contributed by atoms with Gasteiger partial charge in [0.15, 0.2) is 0 Å². The highest BCUT2D eigenvalue weighted by atomic mass is 35.5. The van der Waals surface area contributed by atoms with Crippen molar-refractivity contribution >= 4 is 35.0 Å². The maximum absolute atomic E-state index is 12.9. The monoisotopic (exact) mass is 511 g/mol. The van der Waals surface area contributed by atoms with Crippen LogP contribution in [-0.4, -0.2) is 16.6 Å². The van der Waals surface area contributed by atoms with Gasteiger partial charge in [-0.3, -0.25) is 4.79 Å². The first-order valence-electron chi connectivity index (χ1n) is 11.5. The van der Waals surface area contributed by atoms with Crippen molar-refractivity contribution in [3.05, 3.63) is 99.6 Å². The van der Waals surface area contributed by atoms with E-state index in [0.29, 0.717) is 21.2 Å². The fraction of sp³-hybridized carbons (Fsp3) is 0.167. The van der Waals surface area contributed by atoms with Gasteiger partial charge in [-0.05, 0) is 51.0 Å². The SMILES string of the molecule is Cc1ccc(-c2cc(-c3ccccc3Cl)c(C#N)c(SCC(=O)Nc3c(C)cc(C)cc3C)n2)cc1. The highest BCUT2D eigenvalue weighted by Gasteiger charge is 2.19. The number of nitrogens with zero attached hydrogens (tertiary/aromatic N) is 2. The van der Waals surface area contributed by atoms with E-state index in [1.165, 1.54) is 11.8 Å². The number of pyridine rings is 1. The second-order valence-corrected chi connectivity index (χ2v) is 10.2. The lowest BCUT2D eigenvalue weighted by atomic mass is 9.99. The van der Waals surface area contributed by atoms with Gasteiger partial charge in [-0.25, -0.2) is 4.98 Å². The molecule has 0 atom stereocenters. The standard InChI is InChI=1S/C30H26ClN3OS/c1-18-9-11-22(12-10-18)27-15-24(23-7-5-6-8-26(23)31)25(16-32)30(33-27)36-17-28(35)34-29-20(3)13-19(2)14-21(29)4/h5-15H,17H2,1-4H3,(H,34,35). The maximum Gasteiger partial charge on any atom is 0.234 e. The van der Waals surface area contributed by atoms with Crippen LogP contribution in [-0.2, 0) is 4.79 Å². The van der Waals surface area contributed by atoms with Crippen LogP contribution in [0.1, 0.15) is 27.8 Å². The Bertz CT molecular complexity index is 1470. The molecule has 0 unspecified atom stereocenters. The predicted molar refractivity (Wildman–Crippen MR) is 150 cm³/mol. The molecule has 1 aromatic heterocycles. The van der Waals surface area contributed by atoms with Gasteiger partial charge in [-0.2, -0.15) is 5.26 Å². The minimum Gasteiger partial charge on any atom is -0.325 e. The van der Waals surface area contributed by atoms with Crippen LogP contribution >= 0.6 is 23.4 Å². The third kappa shape index (κ3) is 5.62. The predicted octanol–water partition coefficient (Wildman–Crippen LogP) is 7.91. The number of carbonyl (C=O) groups excluding carboxylic acids is 1. The zero-order valence-electron chi connectivity index (χ0n) is 20.6. The summed E-state index contributed by atoms with van der Waals surface area (Å²) in [5.74, 6) is -0.0333. The highest BCUT2D eigenvalue weighted by molar-refractivity contribution is 8.00. The molecule has 0 aliphatic carbocycles. The van der Waals surface area contributed by atoms with Crippen LogP contribution in [0.4, 0.5) is 5.69 Å². The largest absolute Gasteiger partial charge is 0.325 e. The van der Waals surface area contributed by atoms with E-state index in [4.69, 9.17) is 16.6 Å². The number of benzene rings is 3. The van der Waals surface area contributed by atoms with Crippen molar-refractivity contribution in [3.63, 3.8) is 0 Å². The molecule has 1 N–H and O–H groups in total. The third-order valence-electron chi connectivity index (χ3n) is 5.89. The Balaban J connectivity index is 1.71. The van der Waals surface area contributed by atoms with Crippen LogP contribution < -0.4 is 5.32 Å². The minimum absolute atomic E-state index is 0.119. The molecule has 0 saturated heterocycles. The molecule has 0 fully saturated rings. The number of thioether (sulfide) groups is 1. The molecule has 0 spiro atoms. The van der Waals surface area contributed by atoms with E-state index in [9.17, 15) is 10.1 Å². The fourth-order valence-electron chi connectivity index (χ4n) is 4.19. The number of anilines is 1. The van der Waals surface area contributed by atoms with Gasteiger partial charge in [0.1, 0.15) is 11.1 Å². The number of aromatic nitrogens is 1. The molecule has 0 bridgehead atoms. The average Bonchev–Trinajstić information content (AvgIpc) is 2.85. The normalized spacial score (nSPS) is 10.7. The van der Waals surface area contributed by atoms with Gasteiger partial charge < -0.3 is 5.32 Å². The Morgan fingerprint density at radius 2 is 1.61 bits per heavy atom. The lowest BCUT2D eigenvalue weighted by Crippen LogP contribution is -2.16. The van der Waals surface area contributed by atoms with E-state index in [0.717, 1.165) is 44.8 Å². The number of rotatable bonds is 6. The number of aryl methyl sites for hydroxylation is 4. The Kier molecular flexibility index (Phi) is 7.79. The molecule has 180 valence electrons. The summed E-state index contributed by atoms with van der Waals surface area (Å²) in [5.41, 5.74) is 8.66. The lowest BCUT2D eigenvalue weighted by Gasteiger charge is -2.15. The van der Waals surface area contributed by atoms with Crippen LogP contribution in [0, 0.1) is 39.0 Å². The summed E-state index contributed by atoms with van der Waals surface area (Å²) < 4.78 is 0. The molecule has 0 radical (unpaired) electrons. The summed E-state index contributed by atoms with van der Waals surface area (Å²) in [6, 6.07) is 23.8. The zero-order valence-corrected chi connectivity index (χ0v) is 22.2. The van der Waals surface area contributed by atoms with Crippen molar-refractivity contribution in [3.8, 4) is 28.5 Å². The number of hydrogen-bond acceptors (Lipinski definition) is 4. The Labute approximate surface area is 221 Å². The van der Waals surface area contributed by atoms with Crippen molar-refractivity contribution in [2.75, 3.05) is 11.1 Å². The smallest absolute Gasteiger partial charge is 0.234 e. The van der Waals surface area contributed by atoms with Gasteiger partial charge in [-0.15, -0.1) is 0 Å². The average molecular weight is 512 g/mol. The molecule has 4 aromatic rings. The van der Waals surface area contributed by atoms with Crippen molar-refractivity contribution in [2.24, 2.45) is 0 Å². The first-order valence-corrected chi connectivity index (χ1v) is 12.9. The maximum atomic E-state index is 12.9. The number of amides is 1. The van der Waals surface area contributed by atoms with E-state index < -0.39 is 0 Å². The summed E-state index contributed by atoms with van der Waals surface area (Å²) in [6.07, 6.45) is 0. The molecule has 4 rings (SSSR count). The molecule has 6 heteroatoms. The first-order chi connectivity index (χ1) is 17.3. The van der Waals surface area contributed by atoms with Crippen LogP contribution in [0.5, 0.6) is 0 Å². The first kappa shape index (κ1) is 25.5. The van der Waals surface area contributed by atoms with E-state index in [-0.39, 0.29) is 11.7 Å². The fourth-order valence-corrected chi connectivity index (χ4v) is 5.23. The molecular formula is C30H26ClN3OS. The van der Waals surface area contributed by atoms with Gasteiger partial charge in [0.05, 0.1) is 17.0 Å². The van der Waals surface area contributed by atoms with E-state index in [1.807, 2.05) is 88.4 Å². The van der Waals surface area contributed by atoms with Gasteiger partial charge in [0.25, 0.3) is 0 Å². The Morgan fingerprint density at radius 1 is 0.944 bits per heavy atom. The second kappa shape index (κ2) is 11.0. The van der Waals surface area contributed by atoms with Crippen molar-refractivity contribution in [1.29, 1.82) is 5.26 Å². The minimum atomic E-state index is -0.152. The Morgan fingerprint density at radius 3 is 2.25 bits per heavy atom. The molecule has 4 nitrogen and oxygen atoms in total. The molecule has 1 amide bonds. The molecule has 0 saturated carbocycles. The summed E-state index contributed by atoms with van der Waals surface area (Å²) >= 11 is 7.77.